The first-order valence-electron chi connectivity index (χ1n) is 10.8. The molecular weight excluding hydrogens is 328 g/mol. The Kier molecular flexibility index (Phi) is 7.49. The van der Waals surface area contributed by atoms with Gasteiger partial charge in [0.15, 0.2) is 0 Å². The molecule has 0 heterocycles. The normalized spacial score (nSPS) is 21.3. The lowest BCUT2D eigenvalue weighted by molar-refractivity contribution is 0.255. The van der Waals surface area contributed by atoms with Crippen LogP contribution in [0.2, 0.25) is 0 Å². The highest BCUT2D eigenvalue weighted by molar-refractivity contribution is 5.63. The SMILES string of the molecule is CC(C)CC(C)N[C@@H]1CCCC[C@H]1NCc1ccc(-c2ccccc2)cc1. The maximum absolute atomic E-state index is 3.90. The second-order valence-electron chi connectivity index (χ2n) is 8.64. The molecule has 27 heavy (non-hydrogen) atoms. The molecule has 1 aliphatic carbocycles. The van der Waals surface area contributed by atoms with Crippen LogP contribution in [0.5, 0.6) is 0 Å². The first-order chi connectivity index (χ1) is 13.1. The maximum Gasteiger partial charge on any atom is 0.0224 e. The standard InChI is InChI=1S/C25H36N2/c1-19(2)17-20(3)27-25-12-8-7-11-24(25)26-18-21-13-15-23(16-14-21)22-9-5-4-6-10-22/h4-6,9-10,13-16,19-20,24-27H,7-8,11-12,17-18H2,1-3H3/t20?,24-,25-/m1/s1. The van der Waals surface area contributed by atoms with E-state index in [0.29, 0.717) is 18.1 Å². The fourth-order valence-corrected chi connectivity index (χ4v) is 4.41. The quantitative estimate of drug-likeness (QED) is 0.620. The fraction of sp³-hybridized carbons (Fsp3) is 0.520. The molecule has 2 aromatic rings. The molecule has 0 saturated heterocycles. The number of nitrogens with one attached hydrogen (secondary N) is 2. The summed E-state index contributed by atoms with van der Waals surface area (Å²) in [6.45, 7) is 7.92. The van der Waals surface area contributed by atoms with Gasteiger partial charge in [-0.1, -0.05) is 81.3 Å². The van der Waals surface area contributed by atoms with Crippen molar-refractivity contribution in [2.24, 2.45) is 5.92 Å². The van der Waals surface area contributed by atoms with Gasteiger partial charge in [0.05, 0.1) is 0 Å². The average Bonchev–Trinajstić information content (AvgIpc) is 2.68. The third-order valence-corrected chi connectivity index (χ3v) is 5.72. The van der Waals surface area contributed by atoms with Gasteiger partial charge in [-0.25, -0.2) is 0 Å². The third kappa shape index (κ3) is 6.19. The molecule has 146 valence electrons. The molecule has 0 aliphatic heterocycles. The van der Waals surface area contributed by atoms with Crippen molar-refractivity contribution < 1.29 is 0 Å². The summed E-state index contributed by atoms with van der Waals surface area (Å²) in [5.74, 6) is 0.755. The van der Waals surface area contributed by atoms with Crippen LogP contribution in [0.1, 0.15) is 58.4 Å². The molecule has 0 aromatic heterocycles. The van der Waals surface area contributed by atoms with E-state index in [1.165, 1.54) is 48.8 Å². The molecule has 2 N–H and O–H groups in total. The van der Waals surface area contributed by atoms with Crippen LogP contribution in [0.3, 0.4) is 0 Å². The van der Waals surface area contributed by atoms with E-state index in [1.54, 1.807) is 0 Å². The van der Waals surface area contributed by atoms with Crippen molar-refractivity contribution in [3.05, 3.63) is 60.2 Å². The number of hydrogen-bond donors (Lipinski definition) is 2. The minimum absolute atomic E-state index is 0.585. The summed E-state index contributed by atoms with van der Waals surface area (Å²) in [6.07, 6.45) is 6.54. The highest BCUT2D eigenvalue weighted by Gasteiger charge is 2.25. The highest BCUT2D eigenvalue weighted by Crippen LogP contribution is 2.22. The predicted molar refractivity (Wildman–Crippen MR) is 117 cm³/mol. The zero-order valence-electron chi connectivity index (χ0n) is 17.2. The van der Waals surface area contributed by atoms with Crippen LogP contribution in [0.15, 0.2) is 54.6 Å². The third-order valence-electron chi connectivity index (χ3n) is 5.72. The van der Waals surface area contributed by atoms with E-state index in [0.717, 1.165) is 12.5 Å². The lowest BCUT2D eigenvalue weighted by Crippen LogP contribution is -2.52. The molecule has 2 heteroatoms. The van der Waals surface area contributed by atoms with E-state index in [9.17, 15) is 0 Å². The summed E-state index contributed by atoms with van der Waals surface area (Å²) in [4.78, 5) is 0. The van der Waals surface area contributed by atoms with Gasteiger partial charge in [-0.05, 0) is 48.8 Å². The lowest BCUT2D eigenvalue weighted by Gasteiger charge is -2.35. The van der Waals surface area contributed by atoms with Gasteiger partial charge >= 0.3 is 0 Å². The van der Waals surface area contributed by atoms with Gasteiger partial charge in [-0.3, -0.25) is 0 Å². The molecule has 2 nitrogen and oxygen atoms in total. The van der Waals surface area contributed by atoms with Crippen LogP contribution in [0, 0.1) is 5.92 Å². The van der Waals surface area contributed by atoms with Crippen LogP contribution in [0.4, 0.5) is 0 Å². The summed E-state index contributed by atoms with van der Waals surface area (Å²) in [6, 6.07) is 21.4. The van der Waals surface area contributed by atoms with Gasteiger partial charge in [0, 0.05) is 24.7 Å². The topological polar surface area (TPSA) is 24.1 Å². The van der Waals surface area contributed by atoms with Crippen molar-refractivity contribution in [1.82, 2.24) is 10.6 Å². The monoisotopic (exact) mass is 364 g/mol. The van der Waals surface area contributed by atoms with Crippen molar-refractivity contribution >= 4 is 0 Å². The van der Waals surface area contributed by atoms with Crippen molar-refractivity contribution in [3.63, 3.8) is 0 Å². The minimum atomic E-state index is 0.585. The van der Waals surface area contributed by atoms with Crippen molar-refractivity contribution in [2.75, 3.05) is 0 Å². The van der Waals surface area contributed by atoms with Gasteiger partial charge in [0.2, 0.25) is 0 Å². The van der Waals surface area contributed by atoms with E-state index in [-0.39, 0.29) is 0 Å². The Balaban J connectivity index is 1.54. The van der Waals surface area contributed by atoms with Gasteiger partial charge in [0.1, 0.15) is 0 Å². The van der Waals surface area contributed by atoms with Gasteiger partial charge < -0.3 is 10.6 Å². The fourth-order valence-electron chi connectivity index (χ4n) is 4.41. The number of hydrogen-bond acceptors (Lipinski definition) is 2. The van der Waals surface area contributed by atoms with Crippen LogP contribution < -0.4 is 10.6 Å². The Bertz CT molecular complexity index is 662. The molecule has 3 rings (SSSR count). The number of benzene rings is 2. The minimum Gasteiger partial charge on any atom is -0.310 e. The molecule has 1 saturated carbocycles. The first-order valence-corrected chi connectivity index (χ1v) is 10.8. The molecule has 0 amide bonds. The van der Waals surface area contributed by atoms with Crippen LogP contribution in [-0.4, -0.2) is 18.1 Å². The Morgan fingerprint density at radius 1 is 0.815 bits per heavy atom. The molecule has 3 atom stereocenters. The van der Waals surface area contributed by atoms with Crippen LogP contribution in [-0.2, 0) is 6.54 Å². The van der Waals surface area contributed by atoms with E-state index in [4.69, 9.17) is 0 Å². The first kappa shape index (κ1) is 20.1. The average molecular weight is 365 g/mol. The van der Waals surface area contributed by atoms with Gasteiger partial charge in [0.25, 0.3) is 0 Å². The molecule has 1 fully saturated rings. The van der Waals surface area contributed by atoms with Crippen molar-refractivity contribution in [3.8, 4) is 11.1 Å². The van der Waals surface area contributed by atoms with Crippen molar-refractivity contribution in [1.29, 1.82) is 0 Å². The van der Waals surface area contributed by atoms with Crippen LogP contribution in [0.25, 0.3) is 11.1 Å². The summed E-state index contributed by atoms with van der Waals surface area (Å²) >= 11 is 0. The number of rotatable bonds is 8. The summed E-state index contributed by atoms with van der Waals surface area (Å²) < 4.78 is 0. The van der Waals surface area contributed by atoms with E-state index >= 15 is 0 Å². The lowest BCUT2D eigenvalue weighted by atomic mass is 9.89. The van der Waals surface area contributed by atoms with E-state index in [1.807, 2.05) is 0 Å². The predicted octanol–water partition coefficient (Wildman–Crippen LogP) is 5.78. The second-order valence-corrected chi connectivity index (χ2v) is 8.64. The Morgan fingerprint density at radius 3 is 2.11 bits per heavy atom. The van der Waals surface area contributed by atoms with E-state index in [2.05, 4.69) is 86.0 Å². The Labute approximate surface area is 165 Å². The van der Waals surface area contributed by atoms with Gasteiger partial charge in [-0.15, -0.1) is 0 Å². The molecule has 0 spiro atoms. The van der Waals surface area contributed by atoms with Gasteiger partial charge in [-0.2, -0.15) is 0 Å². The molecule has 1 aliphatic rings. The molecule has 1 unspecified atom stereocenters. The summed E-state index contributed by atoms with van der Waals surface area (Å²) in [7, 11) is 0. The smallest absolute Gasteiger partial charge is 0.0224 e. The molecule has 0 bridgehead atoms. The molecular formula is C25H36N2. The highest BCUT2D eigenvalue weighted by atomic mass is 15.0. The van der Waals surface area contributed by atoms with E-state index < -0.39 is 0 Å². The second kappa shape index (κ2) is 10.1. The van der Waals surface area contributed by atoms with Crippen LogP contribution >= 0.6 is 0 Å². The summed E-state index contributed by atoms with van der Waals surface area (Å²) in [5.41, 5.74) is 3.95. The zero-order chi connectivity index (χ0) is 19.1. The largest absolute Gasteiger partial charge is 0.310 e. The zero-order valence-corrected chi connectivity index (χ0v) is 17.2. The summed E-state index contributed by atoms with van der Waals surface area (Å²) in [5, 5.41) is 7.75. The Hall–Kier alpha value is -1.64. The maximum atomic E-state index is 3.90. The van der Waals surface area contributed by atoms with Crippen molar-refractivity contribution in [2.45, 2.75) is 77.5 Å². The molecule has 0 radical (unpaired) electrons. The molecule has 2 aromatic carbocycles. The Morgan fingerprint density at radius 2 is 1.44 bits per heavy atom.